The molecule has 2 aromatic heterocycles. The number of benzene rings is 6. The van der Waals surface area contributed by atoms with Crippen LogP contribution >= 0.6 is 11.3 Å². The number of para-hydroxylation sites is 1. The first kappa shape index (κ1) is 24.4. The maximum Gasteiger partial charge on any atom is 0.212 e. The summed E-state index contributed by atoms with van der Waals surface area (Å²) in [5.74, 6) is 0.940. The van der Waals surface area contributed by atoms with Crippen molar-refractivity contribution in [3.8, 4) is 11.1 Å². The van der Waals surface area contributed by atoms with Crippen LogP contribution < -0.4 is 0 Å². The van der Waals surface area contributed by atoms with Crippen LogP contribution in [0.15, 0.2) is 145 Å². The van der Waals surface area contributed by atoms with Crippen LogP contribution in [-0.2, 0) is 0 Å². The Morgan fingerprint density at radius 3 is 2.14 bits per heavy atom. The third-order valence-electron chi connectivity index (χ3n) is 8.84. The lowest BCUT2D eigenvalue weighted by atomic mass is 9.92. The molecule has 43 heavy (non-hydrogen) atoms. The van der Waals surface area contributed by atoms with Crippen LogP contribution in [0.4, 0.5) is 5.00 Å². The van der Waals surface area contributed by atoms with E-state index in [1.807, 2.05) is 0 Å². The Labute approximate surface area is 253 Å². The fraction of sp³-hybridized carbons (Fsp3) is 0.0513. The number of hydrogen-bond donors (Lipinski definition) is 0. The molecule has 1 aliphatic rings. The highest BCUT2D eigenvalue weighted by atomic mass is 32.1. The van der Waals surface area contributed by atoms with Crippen molar-refractivity contribution in [2.24, 2.45) is 4.99 Å². The van der Waals surface area contributed by atoms with Crippen LogP contribution in [0.3, 0.4) is 0 Å². The molecule has 1 atom stereocenters. The molecule has 6 aromatic carbocycles. The molecule has 0 aliphatic carbocycles. The number of aromatic nitrogens is 1. The molecule has 0 spiro atoms. The van der Waals surface area contributed by atoms with Crippen molar-refractivity contribution in [2.75, 3.05) is 7.05 Å². The monoisotopic (exact) mass is 569 g/mol. The van der Waals surface area contributed by atoms with E-state index in [0.717, 1.165) is 11.0 Å². The van der Waals surface area contributed by atoms with Gasteiger partial charge in [-0.25, -0.2) is 4.99 Å². The van der Waals surface area contributed by atoms with Gasteiger partial charge >= 0.3 is 0 Å². The van der Waals surface area contributed by atoms with Crippen LogP contribution in [-0.4, -0.2) is 22.5 Å². The van der Waals surface area contributed by atoms with Crippen LogP contribution in [0.5, 0.6) is 0 Å². The zero-order valence-electron chi connectivity index (χ0n) is 23.6. The summed E-state index contributed by atoms with van der Waals surface area (Å²) in [6, 6.07) is 50.4. The largest absolute Gasteiger partial charge is 0.334 e. The van der Waals surface area contributed by atoms with Gasteiger partial charge in [0.05, 0.1) is 17.1 Å². The Balaban J connectivity index is 1.33. The van der Waals surface area contributed by atoms with Gasteiger partial charge in [0.2, 0.25) is 5.96 Å². The van der Waals surface area contributed by atoms with Crippen molar-refractivity contribution in [3.63, 3.8) is 0 Å². The van der Waals surface area contributed by atoms with Crippen LogP contribution in [0.2, 0.25) is 0 Å². The van der Waals surface area contributed by atoms with Gasteiger partial charge in [0.1, 0.15) is 5.00 Å². The summed E-state index contributed by atoms with van der Waals surface area (Å²) >= 11 is 1.79. The summed E-state index contributed by atoms with van der Waals surface area (Å²) in [4.78, 5) is 7.85. The van der Waals surface area contributed by atoms with Gasteiger partial charge in [0.15, 0.2) is 0 Å². The Bertz CT molecular complexity index is 2380. The minimum atomic E-state index is -0.000944. The van der Waals surface area contributed by atoms with Gasteiger partial charge in [-0.15, -0.1) is 11.3 Å². The molecule has 1 aliphatic heterocycles. The SMILES string of the molecule is CN1C(n2c3ccccc3c3cc4ccccc4cc32)=Nc2sc3ccccc3c2C1c1cccc(-c2ccccc2)c1. The Kier molecular flexibility index (Phi) is 5.34. The third kappa shape index (κ3) is 3.70. The predicted octanol–water partition coefficient (Wildman–Crippen LogP) is 10.4. The van der Waals surface area contributed by atoms with Gasteiger partial charge in [-0.2, -0.15) is 0 Å². The minimum absolute atomic E-state index is 0.000944. The number of fused-ring (bicyclic) bond motifs is 7. The van der Waals surface area contributed by atoms with Crippen molar-refractivity contribution >= 4 is 65.0 Å². The maximum atomic E-state index is 5.47. The molecule has 3 heterocycles. The highest BCUT2D eigenvalue weighted by molar-refractivity contribution is 7.22. The highest BCUT2D eigenvalue weighted by Crippen LogP contribution is 2.49. The van der Waals surface area contributed by atoms with E-state index in [1.165, 1.54) is 64.9 Å². The number of thiophene rings is 1. The molecule has 0 fully saturated rings. The van der Waals surface area contributed by atoms with Gasteiger partial charge in [0, 0.05) is 33.5 Å². The van der Waals surface area contributed by atoms with Crippen molar-refractivity contribution < 1.29 is 0 Å². The molecule has 0 N–H and O–H groups in total. The van der Waals surface area contributed by atoms with E-state index in [9.17, 15) is 0 Å². The second kappa shape index (κ2) is 9.41. The number of rotatable bonds is 2. The Morgan fingerprint density at radius 2 is 1.28 bits per heavy atom. The van der Waals surface area contributed by atoms with Crippen LogP contribution in [0.25, 0.3) is 53.8 Å². The highest BCUT2D eigenvalue weighted by Gasteiger charge is 2.34. The van der Waals surface area contributed by atoms with Crippen LogP contribution in [0, 0.1) is 0 Å². The van der Waals surface area contributed by atoms with Crippen molar-refractivity contribution in [2.45, 2.75) is 6.04 Å². The standard InChI is InChI=1S/C39H27N3S/c1-41-37(29-17-11-16-26(22-29)25-12-3-2-4-13-25)36-31-19-8-10-21-35(31)43-38(36)40-39(41)42-33-20-9-7-18-30(33)32-23-27-14-5-6-15-28(27)24-34(32)42/h2-24,37H,1H3. The van der Waals surface area contributed by atoms with Gasteiger partial charge in [-0.1, -0.05) is 109 Å². The molecule has 4 heteroatoms. The normalized spacial score (nSPS) is 15.0. The Morgan fingerprint density at radius 1 is 0.581 bits per heavy atom. The number of hydrogen-bond acceptors (Lipinski definition) is 3. The molecule has 0 saturated heterocycles. The molecule has 0 amide bonds. The zero-order chi connectivity index (χ0) is 28.5. The lowest BCUT2D eigenvalue weighted by molar-refractivity contribution is 0.413. The fourth-order valence-corrected chi connectivity index (χ4v) is 7.97. The average molecular weight is 570 g/mol. The van der Waals surface area contributed by atoms with E-state index in [1.54, 1.807) is 11.3 Å². The summed E-state index contributed by atoms with van der Waals surface area (Å²) in [5.41, 5.74) is 7.32. The van der Waals surface area contributed by atoms with E-state index in [-0.39, 0.29) is 6.04 Å². The van der Waals surface area contributed by atoms with Gasteiger partial charge < -0.3 is 4.90 Å². The average Bonchev–Trinajstić information content (AvgIpc) is 3.59. The van der Waals surface area contributed by atoms with E-state index in [4.69, 9.17) is 4.99 Å². The predicted molar refractivity (Wildman–Crippen MR) is 183 cm³/mol. The van der Waals surface area contributed by atoms with Crippen molar-refractivity contribution in [3.05, 3.63) is 151 Å². The smallest absolute Gasteiger partial charge is 0.212 e. The second-order valence-electron chi connectivity index (χ2n) is 11.3. The third-order valence-corrected chi connectivity index (χ3v) is 9.92. The molecule has 8 aromatic rings. The zero-order valence-corrected chi connectivity index (χ0v) is 24.4. The molecule has 0 radical (unpaired) electrons. The van der Waals surface area contributed by atoms with Crippen LogP contribution in [0.1, 0.15) is 17.2 Å². The summed E-state index contributed by atoms with van der Waals surface area (Å²) in [7, 11) is 2.20. The first-order valence-electron chi connectivity index (χ1n) is 14.7. The second-order valence-corrected chi connectivity index (χ2v) is 12.3. The summed E-state index contributed by atoms with van der Waals surface area (Å²) in [6.45, 7) is 0. The Hall–Kier alpha value is -5.19. The molecule has 1 unspecified atom stereocenters. The molecule has 0 saturated carbocycles. The summed E-state index contributed by atoms with van der Waals surface area (Å²) in [5, 5.41) is 7.32. The molecule has 9 rings (SSSR count). The first-order valence-corrected chi connectivity index (χ1v) is 15.5. The fourth-order valence-electron chi connectivity index (χ4n) is 6.87. The van der Waals surface area contributed by atoms with Crippen molar-refractivity contribution in [1.82, 2.24) is 9.47 Å². The molecule has 0 bridgehead atoms. The van der Waals surface area contributed by atoms with E-state index in [2.05, 4.69) is 156 Å². The van der Waals surface area contributed by atoms with Gasteiger partial charge in [0.25, 0.3) is 0 Å². The molecule has 3 nitrogen and oxygen atoms in total. The van der Waals surface area contributed by atoms with Gasteiger partial charge in [-0.3, -0.25) is 4.57 Å². The summed E-state index contributed by atoms with van der Waals surface area (Å²) in [6.07, 6.45) is 0. The summed E-state index contributed by atoms with van der Waals surface area (Å²) < 4.78 is 3.64. The van der Waals surface area contributed by atoms with Gasteiger partial charge in [-0.05, 0) is 57.8 Å². The lowest BCUT2D eigenvalue weighted by Crippen LogP contribution is -2.38. The van der Waals surface area contributed by atoms with E-state index < -0.39 is 0 Å². The lowest BCUT2D eigenvalue weighted by Gasteiger charge is -2.35. The molecule has 204 valence electrons. The van der Waals surface area contributed by atoms with E-state index in [0.29, 0.717) is 0 Å². The molecular weight excluding hydrogens is 543 g/mol. The maximum absolute atomic E-state index is 5.47. The minimum Gasteiger partial charge on any atom is -0.334 e. The van der Waals surface area contributed by atoms with Crippen molar-refractivity contribution in [1.29, 1.82) is 0 Å². The number of nitrogens with zero attached hydrogens (tertiary/aromatic N) is 3. The quantitative estimate of drug-likeness (QED) is 0.203. The first-order chi connectivity index (χ1) is 21.2. The topological polar surface area (TPSA) is 20.5 Å². The molecular formula is C39H27N3S. The number of aliphatic imine (C=N–C) groups is 1. The van der Waals surface area contributed by atoms with E-state index >= 15 is 0 Å².